The van der Waals surface area contributed by atoms with E-state index in [2.05, 4.69) is 11.6 Å². The van der Waals surface area contributed by atoms with Crippen molar-refractivity contribution in [2.45, 2.75) is 45.4 Å². The Labute approximate surface area is 167 Å². The van der Waals surface area contributed by atoms with E-state index in [-0.39, 0.29) is 10.8 Å². The van der Waals surface area contributed by atoms with E-state index in [1.165, 1.54) is 6.07 Å². The Morgan fingerprint density at radius 3 is 2.43 bits per heavy atom. The standard InChI is InChI=1S/C22H28N2O3S/c1-15-6-5-11-24(14-15)22(25)19-9-7-17(3)21(13-19)28(26,27)23-20-10-8-16(2)18(4)12-20/h7-10,12-13,15,23H,5-6,11,14H2,1-4H3/t15-/m0/s1. The summed E-state index contributed by atoms with van der Waals surface area (Å²) in [4.78, 5) is 14.9. The molecular weight excluding hydrogens is 372 g/mol. The molecule has 0 saturated carbocycles. The smallest absolute Gasteiger partial charge is 0.262 e. The predicted octanol–water partition coefficient (Wildman–Crippen LogP) is 4.28. The SMILES string of the molecule is Cc1ccc(NS(=O)(=O)c2cc(C(=O)N3CCC[C@H](C)C3)ccc2C)cc1C. The number of hydrogen-bond donors (Lipinski definition) is 1. The summed E-state index contributed by atoms with van der Waals surface area (Å²) in [6, 6.07) is 10.4. The van der Waals surface area contributed by atoms with Gasteiger partial charge < -0.3 is 4.90 Å². The fourth-order valence-corrected chi connectivity index (χ4v) is 4.92. The first-order valence-corrected chi connectivity index (χ1v) is 11.2. The lowest BCUT2D eigenvalue weighted by atomic mass is 9.99. The van der Waals surface area contributed by atoms with Crippen molar-refractivity contribution < 1.29 is 13.2 Å². The highest BCUT2D eigenvalue weighted by Crippen LogP contribution is 2.24. The van der Waals surface area contributed by atoms with Gasteiger partial charge >= 0.3 is 0 Å². The largest absolute Gasteiger partial charge is 0.338 e. The van der Waals surface area contributed by atoms with Crippen LogP contribution in [-0.4, -0.2) is 32.3 Å². The van der Waals surface area contributed by atoms with Crippen LogP contribution in [0.1, 0.15) is 46.8 Å². The number of hydrogen-bond acceptors (Lipinski definition) is 3. The number of nitrogens with zero attached hydrogens (tertiary/aromatic N) is 1. The van der Waals surface area contributed by atoms with Crippen LogP contribution < -0.4 is 4.72 Å². The molecule has 0 bridgehead atoms. The second-order valence-electron chi connectivity index (χ2n) is 7.88. The molecule has 0 unspecified atom stereocenters. The molecule has 0 radical (unpaired) electrons. The number of carbonyl (C=O) groups is 1. The summed E-state index contributed by atoms with van der Waals surface area (Å²) in [6.45, 7) is 9.24. The minimum Gasteiger partial charge on any atom is -0.338 e. The van der Waals surface area contributed by atoms with Crippen LogP contribution in [0.4, 0.5) is 5.69 Å². The summed E-state index contributed by atoms with van der Waals surface area (Å²) < 4.78 is 28.6. The zero-order valence-corrected chi connectivity index (χ0v) is 17.8. The molecule has 150 valence electrons. The van der Waals surface area contributed by atoms with Crippen molar-refractivity contribution >= 4 is 21.6 Å². The molecule has 1 saturated heterocycles. The number of piperidine rings is 1. The first-order valence-electron chi connectivity index (χ1n) is 9.67. The predicted molar refractivity (Wildman–Crippen MR) is 112 cm³/mol. The van der Waals surface area contributed by atoms with E-state index in [0.717, 1.165) is 37.1 Å². The van der Waals surface area contributed by atoms with E-state index in [9.17, 15) is 13.2 Å². The maximum atomic E-state index is 13.0. The summed E-state index contributed by atoms with van der Waals surface area (Å²) >= 11 is 0. The van der Waals surface area contributed by atoms with Gasteiger partial charge in [-0.25, -0.2) is 8.42 Å². The molecule has 2 aromatic carbocycles. The van der Waals surface area contributed by atoms with Gasteiger partial charge in [-0.3, -0.25) is 9.52 Å². The van der Waals surface area contributed by atoms with E-state index in [1.54, 1.807) is 25.1 Å². The average molecular weight is 401 g/mol. The number of likely N-dealkylation sites (tertiary alicyclic amines) is 1. The summed E-state index contributed by atoms with van der Waals surface area (Å²) in [5.41, 5.74) is 3.66. The average Bonchev–Trinajstić information content (AvgIpc) is 2.64. The van der Waals surface area contributed by atoms with Crippen LogP contribution in [0.3, 0.4) is 0 Å². The van der Waals surface area contributed by atoms with Crippen LogP contribution >= 0.6 is 0 Å². The summed E-state index contributed by atoms with van der Waals surface area (Å²) in [5.74, 6) is 0.368. The maximum absolute atomic E-state index is 13.0. The van der Waals surface area contributed by atoms with E-state index in [0.29, 0.717) is 22.7 Å². The van der Waals surface area contributed by atoms with Crippen LogP contribution in [0.5, 0.6) is 0 Å². The second-order valence-corrected chi connectivity index (χ2v) is 9.53. The fraction of sp³-hybridized carbons (Fsp3) is 0.409. The van der Waals surface area contributed by atoms with E-state index in [1.807, 2.05) is 30.9 Å². The van der Waals surface area contributed by atoms with Crippen LogP contribution in [0, 0.1) is 26.7 Å². The highest BCUT2D eigenvalue weighted by Gasteiger charge is 2.24. The van der Waals surface area contributed by atoms with Crippen LogP contribution in [0.25, 0.3) is 0 Å². The van der Waals surface area contributed by atoms with Crippen molar-refractivity contribution in [3.8, 4) is 0 Å². The molecule has 0 spiro atoms. The molecule has 28 heavy (non-hydrogen) atoms. The summed E-state index contributed by atoms with van der Waals surface area (Å²) in [7, 11) is -3.79. The summed E-state index contributed by atoms with van der Waals surface area (Å²) in [6.07, 6.45) is 2.11. The van der Waals surface area contributed by atoms with Crippen molar-refractivity contribution in [1.82, 2.24) is 4.90 Å². The molecule has 1 aliphatic heterocycles. The van der Waals surface area contributed by atoms with Crippen LogP contribution in [0.15, 0.2) is 41.3 Å². The molecule has 1 amide bonds. The molecule has 3 rings (SSSR count). The van der Waals surface area contributed by atoms with Crippen molar-refractivity contribution in [3.63, 3.8) is 0 Å². The molecule has 1 fully saturated rings. The first kappa shape index (κ1) is 20.4. The Morgan fingerprint density at radius 2 is 1.75 bits per heavy atom. The molecule has 1 N–H and O–H groups in total. The molecule has 1 heterocycles. The van der Waals surface area contributed by atoms with Crippen molar-refractivity contribution in [2.24, 2.45) is 5.92 Å². The fourth-order valence-electron chi connectivity index (χ4n) is 3.59. The number of benzene rings is 2. The van der Waals surface area contributed by atoms with Gasteiger partial charge in [-0.15, -0.1) is 0 Å². The van der Waals surface area contributed by atoms with Crippen LogP contribution in [-0.2, 0) is 10.0 Å². The topological polar surface area (TPSA) is 66.5 Å². The first-order chi connectivity index (χ1) is 13.2. The lowest BCUT2D eigenvalue weighted by molar-refractivity contribution is 0.0683. The maximum Gasteiger partial charge on any atom is 0.262 e. The van der Waals surface area contributed by atoms with Gasteiger partial charge in [-0.05, 0) is 80.5 Å². The zero-order valence-electron chi connectivity index (χ0n) is 17.0. The monoisotopic (exact) mass is 400 g/mol. The zero-order chi connectivity index (χ0) is 20.5. The molecule has 2 aromatic rings. The second kappa shape index (κ2) is 7.95. The third kappa shape index (κ3) is 4.38. The highest BCUT2D eigenvalue weighted by molar-refractivity contribution is 7.92. The number of anilines is 1. The number of amides is 1. The van der Waals surface area contributed by atoms with Crippen LogP contribution in [0.2, 0.25) is 0 Å². The normalized spacial score (nSPS) is 17.4. The minimum atomic E-state index is -3.79. The van der Waals surface area contributed by atoms with Gasteiger partial charge in [-0.2, -0.15) is 0 Å². The molecule has 5 nitrogen and oxygen atoms in total. The third-order valence-electron chi connectivity index (χ3n) is 5.43. The Hall–Kier alpha value is -2.34. The molecule has 0 aliphatic carbocycles. The van der Waals surface area contributed by atoms with Gasteiger partial charge in [0.1, 0.15) is 0 Å². The molecule has 6 heteroatoms. The number of nitrogens with one attached hydrogen (secondary N) is 1. The third-order valence-corrected chi connectivity index (χ3v) is 6.95. The molecule has 1 aliphatic rings. The van der Waals surface area contributed by atoms with E-state index in [4.69, 9.17) is 0 Å². The number of sulfonamides is 1. The lowest BCUT2D eigenvalue weighted by Gasteiger charge is -2.31. The van der Waals surface area contributed by atoms with Gasteiger partial charge in [0.2, 0.25) is 0 Å². The Kier molecular flexibility index (Phi) is 5.79. The Morgan fingerprint density at radius 1 is 1.04 bits per heavy atom. The number of carbonyl (C=O) groups excluding carboxylic acids is 1. The van der Waals surface area contributed by atoms with E-state index >= 15 is 0 Å². The van der Waals surface area contributed by atoms with Crippen molar-refractivity contribution in [1.29, 1.82) is 0 Å². The van der Waals surface area contributed by atoms with E-state index < -0.39 is 10.0 Å². The van der Waals surface area contributed by atoms with Gasteiger partial charge in [0.25, 0.3) is 15.9 Å². The van der Waals surface area contributed by atoms with Gasteiger partial charge in [0.15, 0.2) is 0 Å². The quantitative estimate of drug-likeness (QED) is 0.833. The summed E-state index contributed by atoms with van der Waals surface area (Å²) in [5, 5.41) is 0. The molecular formula is C22H28N2O3S. The van der Waals surface area contributed by atoms with Crippen molar-refractivity contribution in [2.75, 3.05) is 17.8 Å². The Bertz CT molecular complexity index is 999. The van der Waals surface area contributed by atoms with Gasteiger partial charge in [0, 0.05) is 24.3 Å². The van der Waals surface area contributed by atoms with Gasteiger partial charge in [0.05, 0.1) is 4.90 Å². The van der Waals surface area contributed by atoms with Gasteiger partial charge in [-0.1, -0.05) is 19.1 Å². The molecule has 0 aromatic heterocycles. The van der Waals surface area contributed by atoms with Crippen molar-refractivity contribution in [3.05, 3.63) is 58.7 Å². The minimum absolute atomic E-state index is 0.103. The molecule has 1 atom stereocenters. The lowest BCUT2D eigenvalue weighted by Crippen LogP contribution is -2.39. The number of aryl methyl sites for hydroxylation is 3. The Balaban J connectivity index is 1.89. The highest BCUT2D eigenvalue weighted by atomic mass is 32.2. The number of rotatable bonds is 4.